The van der Waals surface area contributed by atoms with Crippen LogP contribution in [0.1, 0.15) is 39.5 Å². The number of rotatable bonds is 3. The van der Waals surface area contributed by atoms with E-state index in [2.05, 4.69) is 5.32 Å². The van der Waals surface area contributed by atoms with E-state index in [1.807, 2.05) is 6.92 Å². The van der Waals surface area contributed by atoms with Crippen LogP contribution in [0.4, 0.5) is 4.79 Å². The molecule has 1 saturated heterocycles. The molecule has 1 heterocycles. The number of carbonyl (C=O) groups is 3. The molecule has 2 aliphatic carbocycles. The molecule has 0 aromatic heterocycles. The van der Waals surface area contributed by atoms with E-state index < -0.39 is 0 Å². The Kier molecular flexibility index (Phi) is 4.60. The molecule has 128 valence electrons. The summed E-state index contributed by atoms with van der Waals surface area (Å²) in [7, 11) is 0. The normalized spacial score (nSPS) is 42.2. The molecule has 2 saturated carbocycles. The smallest absolute Gasteiger partial charge is 0.407 e. The molecule has 0 aromatic carbocycles. The van der Waals surface area contributed by atoms with Gasteiger partial charge in [0.1, 0.15) is 12.4 Å². The van der Waals surface area contributed by atoms with Gasteiger partial charge in [-0.2, -0.15) is 0 Å². The van der Waals surface area contributed by atoms with Crippen LogP contribution in [0, 0.1) is 29.6 Å². The number of aldehydes is 1. The highest BCUT2D eigenvalue weighted by molar-refractivity contribution is 5.77. The summed E-state index contributed by atoms with van der Waals surface area (Å²) in [6, 6.07) is 0.0639. The Morgan fingerprint density at radius 1 is 1.39 bits per heavy atom. The van der Waals surface area contributed by atoms with Crippen LogP contribution in [0.25, 0.3) is 0 Å². The summed E-state index contributed by atoms with van der Waals surface area (Å²) in [4.78, 5) is 35.4. The SMILES string of the molecule is CCOC(=O)N[C@@H]1CC[C@@H]2[C@@H](C1)C[C@H]1C(=O)O[C@H](C)[C@H]1[C@H]2C=O. The highest BCUT2D eigenvalue weighted by atomic mass is 16.6. The summed E-state index contributed by atoms with van der Waals surface area (Å²) >= 11 is 0. The van der Waals surface area contributed by atoms with E-state index in [1.165, 1.54) is 0 Å². The molecule has 1 aliphatic heterocycles. The molecule has 0 unspecified atom stereocenters. The highest BCUT2D eigenvalue weighted by Gasteiger charge is 2.55. The van der Waals surface area contributed by atoms with Crippen LogP contribution >= 0.6 is 0 Å². The second kappa shape index (κ2) is 6.49. The van der Waals surface area contributed by atoms with Crippen molar-refractivity contribution in [1.82, 2.24) is 5.32 Å². The van der Waals surface area contributed by atoms with Gasteiger partial charge in [-0.25, -0.2) is 4.79 Å². The monoisotopic (exact) mass is 323 g/mol. The largest absolute Gasteiger partial charge is 0.462 e. The maximum atomic E-state index is 12.1. The van der Waals surface area contributed by atoms with Gasteiger partial charge in [-0.05, 0) is 51.4 Å². The summed E-state index contributed by atoms with van der Waals surface area (Å²) in [6.45, 7) is 4.03. The molecule has 3 rings (SSSR count). The fourth-order valence-electron chi connectivity index (χ4n) is 5.01. The first kappa shape index (κ1) is 16.3. The fourth-order valence-corrected chi connectivity index (χ4v) is 5.01. The van der Waals surface area contributed by atoms with Gasteiger partial charge in [0, 0.05) is 17.9 Å². The van der Waals surface area contributed by atoms with Crippen LogP contribution in [0.5, 0.6) is 0 Å². The van der Waals surface area contributed by atoms with Gasteiger partial charge < -0.3 is 19.6 Å². The Morgan fingerprint density at radius 3 is 2.87 bits per heavy atom. The van der Waals surface area contributed by atoms with Crippen molar-refractivity contribution in [2.75, 3.05) is 6.61 Å². The number of carbonyl (C=O) groups excluding carboxylic acids is 3. The van der Waals surface area contributed by atoms with Gasteiger partial charge in [0.25, 0.3) is 0 Å². The Labute approximate surface area is 136 Å². The second-order valence-corrected chi connectivity index (χ2v) is 7.07. The van der Waals surface area contributed by atoms with Gasteiger partial charge in [-0.1, -0.05) is 0 Å². The van der Waals surface area contributed by atoms with Crippen LogP contribution in [-0.2, 0) is 19.1 Å². The van der Waals surface area contributed by atoms with Crippen LogP contribution in [0.2, 0.25) is 0 Å². The van der Waals surface area contributed by atoms with Gasteiger partial charge in [0.2, 0.25) is 0 Å². The van der Waals surface area contributed by atoms with E-state index in [1.54, 1.807) is 6.92 Å². The lowest BCUT2D eigenvalue weighted by atomic mass is 9.57. The molecular weight excluding hydrogens is 298 g/mol. The predicted molar refractivity (Wildman–Crippen MR) is 81.5 cm³/mol. The second-order valence-electron chi connectivity index (χ2n) is 7.07. The third-order valence-corrected chi connectivity index (χ3v) is 5.90. The van der Waals surface area contributed by atoms with Crippen molar-refractivity contribution in [2.24, 2.45) is 29.6 Å². The number of esters is 1. The van der Waals surface area contributed by atoms with Gasteiger partial charge in [-0.3, -0.25) is 4.79 Å². The molecule has 3 fully saturated rings. The fraction of sp³-hybridized carbons (Fsp3) is 0.824. The van der Waals surface area contributed by atoms with E-state index in [0.717, 1.165) is 32.0 Å². The van der Waals surface area contributed by atoms with Crippen molar-refractivity contribution in [3.8, 4) is 0 Å². The van der Waals surface area contributed by atoms with E-state index in [4.69, 9.17) is 9.47 Å². The first-order valence-corrected chi connectivity index (χ1v) is 8.64. The third kappa shape index (κ3) is 2.95. The Hall–Kier alpha value is -1.59. The zero-order chi connectivity index (χ0) is 16.6. The summed E-state index contributed by atoms with van der Waals surface area (Å²) in [6.07, 6.45) is 3.80. The summed E-state index contributed by atoms with van der Waals surface area (Å²) in [5.74, 6) is 0.173. The zero-order valence-electron chi connectivity index (χ0n) is 13.7. The maximum absolute atomic E-state index is 12.1. The number of fused-ring (bicyclic) bond motifs is 2. The number of alkyl carbamates (subject to hydrolysis) is 1. The van der Waals surface area contributed by atoms with Gasteiger partial charge >= 0.3 is 12.1 Å². The van der Waals surface area contributed by atoms with Crippen molar-refractivity contribution >= 4 is 18.3 Å². The minimum absolute atomic E-state index is 0.0239. The average Bonchev–Trinajstić information content (AvgIpc) is 2.79. The van der Waals surface area contributed by atoms with Crippen molar-refractivity contribution in [3.63, 3.8) is 0 Å². The Balaban J connectivity index is 1.70. The number of hydrogen-bond donors (Lipinski definition) is 1. The molecule has 0 aromatic rings. The minimum Gasteiger partial charge on any atom is -0.462 e. The highest BCUT2D eigenvalue weighted by Crippen LogP contribution is 2.52. The zero-order valence-corrected chi connectivity index (χ0v) is 13.7. The van der Waals surface area contributed by atoms with Crippen molar-refractivity contribution in [2.45, 2.75) is 51.7 Å². The van der Waals surface area contributed by atoms with Crippen LogP contribution < -0.4 is 5.32 Å². The number of amides is 1. The molecule has 6 nitrogen and oxygen atoms in total. The first-order valence-electron chi connectivity index (χ1n) is 8.64. The van der Waals surface area contributed by atoms with Crippen LogP contribution in [-0.4, -0.2) is 37.1 Å². The molecule has 7 atom stereocenters. The van der Waals surface area contributed by atoms with E-state index >= 15 is 0 Å². The molecule has 0 radical (unpaired) electrons. The lowest BCUT2D eigenvalue weighted by Crippen LogP contribution is -2.49. The third-order valence-electron chi connectivity index (χ3n) is 5.90. The Bertz CT molecular complexity index is 493. The number of hydrogen-bond acceptors (Lipinski definition) is 5. The van der Waals surface area contributed by atoms with Crippen molar-refractivity contribution in [3.05, 3.63) is 0 Å². The molecule has 1 N–H and O–H groups in total. The van der Waals surface area contributed by atoms with Crippen molar-refractivity contribution in [1.29, 1.82) is 0 Å². The standard InChI is InChI=1S/C17H25NO5/c1-3-22-17(21)18-11-4-5-12-10(6-11)7-13-15(14(12)8-19)9(2)23-16(13)20/h8-15H,3-7H2,1-2H3,(H,18,21)/t9-,10+,11-,12-,13-,14+,15-/m1/s1. The van der Waals surface area contributed by atoms with Gasteiger partial charge in [0.05, 0.1) is 12.5 Å². The molecular formula is C17H25NO5. The summed E-state index contributed by atoms with van der Waals surface area (Å²) in [5, 5.41) is 2.90. The Morgan fingerprint density at radius 2 is 2.17 bits per heavy atom. The lowest BCUT2D eigenvalue weighted by molar-refractivity contribution is -0.144. The minimum atomic E-state index is -0.384. The van der Waals surface area contributed by atoms with E-state index in [-0.39, 0.29) is 47.9 Å². The van der Waals surface area contributed by atoms with Gasteiger partial charge in [-0.15, -0.1) is 0 Å². The maximum Gasteiger partial charge on any atom is 0.407 e. The quantitative estimate of drug-likeness (QED) is 0.634. The van der Waals surface area contributed by atoms with E-state index in [9.17, 15) is 14.4 Å². The molecule has 23 heavy (non-hydrogen) atoms. The van der Waals surface area contributed by atoms with Gasteiger partial charge in [0.15, 0.2) is 0 Å². The topological polar surface area (TPSA) is 81.7 Å². The lowest BCUT2D eigenvalue weighted by Gasteiger charge is -2.46. The van der Waals surface area contributed by atoms with Crippen LogP contribution in [0.3, 0.4) is 0 Å². The molecule has 6 heteroatoms. The van der Waals surface area contributed by atoms with E-state index in [0.29, 0.717) is 12.5 Å². The first-order chi connectivity index (χ1) is 11.0. The number of ether oxygens (including phenoxy) is 2. The predicted octanol–water partition coefficient (Wildman–Crippen LogP) is 1.91. The van der Waals surface area contributed by atoms with Crippen LogP contribution in [0.15, 0.2) is 0 Å². The van der Waals surface area contributed by atoms with Crippen molar-refractivity contribution < 1.29 is 23.9 Å². The number of nitrogens with one attached hydrogen (secondary N) is 1. The number of cyclic esters (lactones) is 1. The molecule has 3 aliphatic rings. The molecule has 0 bridgehead atoms. The average molecular weight is 323 g/mol. The summed E-state index contributed by atoms with van der Waals surface area (Å²) in [5.41, 5.74) is 0. The summed E-state index contributed by atoms with van der Waals surface area (Å²) < 4.78 is 10.3. The molecule has 1 amide bonds. The molecule has 0 spiro atoms.